The maximum absolute atomic E-state index is 12.6. The van der Waals surface area contributed by atoms with Crippen LogP contribution in [0.25, 0.3) is 0 Å². The van der Waals surface area contributed by atoms with Crippen LogP contribution in [0.2, 0.25) is 0 Å². The van der Waals surface area contributed by atoms with E-state index in [0.717, 1.165) is 40.5 Å². The summed E-state index contributed by atoms with van der Waals surface area (Å²) in [5.41, 5.74) is 32.9. The van der Waals surface area contributed by atoms with Crippen LogP contribution in [0, 0.1) is 41.4 Å². The van der Waals surface area contributed by atoms with Gasteiger partial charge in [0.2, 0.25) is 0 Å². The first-order chi connectivity index (χ1) is 70.1. The number of hydrogen-bond donors (Lipinski definition) is 1. The standard InChI is InChI=1S/C19H22.C18H20O.C17H19N.C17H18O2S.2C17H18O.C17H18S.7C2H6/c1-14(2)19-17-12-5-3-8-15(17)10-7-11-16-9-4-6-13-18(16)19;1-13(2)18-16-9-5-3-7-14(16)11-19-12-15-8-4-6-10-17(15)18;1-12(2)17-14-8-4-3-7-13(14)11-18-16-10-6-5-9-15(16)17;1-12(2)17-14-8-4-3-7-13(14)11-20(18,19)16-10-6-5-9-15(16)17;3*1-12(2)17-14-8-4-3-7-13(14)11-18-16-10-6-5-9-15(16)17;7*1-2/h3-6,8-9,12-14,19H,7,10-11H2,1-2H3;3-10,13,18H,11-12H2,1-2H3;3-10,12,17-18H,11H2,1-2H3;3-10,12,17H,11H2,1-2H3;3*3-10,12,17H,11H2,1-2H3;7*1-2H3. The van der Waals surface area contributed by atoms with Gasteiger partial charge >= 0.3 is 0 Å². The van der Waals surface area contributed by atoms with Gasteiger partial charge in [-0.05, 0) is 208 Å². The summed E-state index contributed by atoms with van der Waals surface area (Å²) in [5.74, 6) is 10.2. The maximum atomic E-state index is 12.6. The fourth-order valence-electron chi connectivity index (χ4n) is 21.4. The molecule has 6 nitrogen and oxygen atoms in total. The Balaban J connectivity index is 0.000000201. The number of anilines is 1. The van der Waals surface area contributed by atoms with E-state index in [1.54, 1.807) is 28.3 Å². The van der Waals surface area contributed by atoms with Crippen molar-refractivity contribution in [1.82, 2.24) is 0 Å². The molecule has 0 bridgehead atoms. The summed E-state index contributed by atoms with van der Waals surface area (Å²) < 4.78 is 43.0. The highest BCUT2D eigenvalue weighted by Crippen LogP contribution is 2.49. The van der Waals surface area contributed by atoms with Gasteiger partial charge in [-0.1, -0.05) is 503 Å². The number of hydrogen-bond acceptors (Lipinski definition) is 7. The van der Waals surface area contributed by atoms with E-state index in [-0.39, 0.29) is 11.7 Å². The van der Waals surface area contributed by atoms with Gasteiger partial charge in [-0.2, -0.15) is 0 Å². The Morgan fingerprint density at radius 1 is 0.243 bits per heavy atom. The number of nitrogens with one attached hydrogen (secondary N) is 1. The predicted octanol–water partition coefficient (Wildman–Crippen LogP) is 38.6. The topological polar surface area (TPSA) is 73.9 Å². The summed E-state index contributed by atoms with van der Waals surface area (Å²) >= 11 is 1.97. The third-order valence-corrected chi connectivity index (χ3v) is 30.1. The van der Waals surface area contributed by atoms with Crippen molar-refractivity contribution in [2.75, 3.05) is 5.32 Å². The number of ether oxygens (including phenoxy) is 3. The molecule has 6 heterocycles. The summed E-state index contributed by atoms with van der Waals surface area (Å²) in [6, 6.07) is 120. The van der Waals surface area contributed by atoms with Gasteiger partial charge in [0, 0.05) is 75.4 Å². The molecule has 0 saturated carbocycles. The summed E-state index contributed by atoms with van der Waals surface area (Å²) in [5, 5.41) is 3.57. The van der Waals surface area contributed by atoms with Crippen LogP contribution in [0.4, 0.5) is 5.69 Å². The second-order valence-electron chi connectivity index (χ2n) is 38.4. The zero-order valence-electron chi connectivity index (χ0n) is 92.8. The molecule has 0 aromatic heterocycles. The number of sulfone groups is 1. The van der Waals surface area contributed by atoms with E-state index in [1.807, 2.05) is 157 Å². The molecule has 14 aromatic rings. The van der Waals surface area contributed by atoms with E-state index in [2.05, 4.69) is 387 Å². The van der Waals surface area contributed by atoms with Crippen molar-refractivity contribution >= 4 is 27.3 Å². The van der Waals surface area contributed by atoms with Crippen molar-refractivity contribution in [2.45, 2.75) is 309 Å². The minimum atomic E-state index is -3.26. The van der Waals surface area contributed by atoms with Crippen molar-refractivity contribution in [1.29, 1.82) is 0 Å². The molecule has 766 valence electrons. The third-order valence-electron chi connectivity index (χ3n) is 27.2. The lowest BCUT2D eigenvalue weighted by Crippen LogP contribution is -2.16. The van der Waals surface area contributed by atoms with Gasteiger partial charge < -0.3 is 19.5 Å². The first kappa shape index (κ1) is 118. The van der Waals surface area contributed by atoms with Crippen molar-refractivity contribution in [2.24, 2.45) is 41.4 Å². The molecular formula is C136H175NO5S2. The number of aryl methyl sites for hydroxylation is 2. The minimum Gasteiger partial charge on any atom is -0.489 e. The highest BCUT2D eigenvalue weighted by molar-refractivity contribution is 7.98. The molecule has 5 atom stereocenters. The third kappa shape index (κ3) is 30.2. The van der Waals surface area contributed by atoms with Gasteiger partial charge in [0.25, 0.3) is 0 Å². The predicted molar refractivity (Wildman–Crippen MR) is 623 cm³/mol. The van der Waals surface area contributed by atoms with Gasteiger partial charge in [-0.3, -0.25) is 0 Å². The van der Waals surface area contributed by atoms with Crippen molar-refractivity contribution in [3.8, 4) is 11.5 Å². The summed E-state index contributed by atoms with van der Waals surface area (Å²) in [6.07, 6.45) is 3.69. The van der Waals surface area contributed by atoms with Gasteiger partial charge in [0.05, 0.1) is 23.9 Å². The van der Waals surface area contributed by atoms with Crippen LogP contribution in [0.15, 0.2) is 350 Å². The first-order valence-corrected chi connectivity index (χ1v) is 57.3. The smallest absolute Gasteiger partial charge is 0.182 e. The van der Waals surface area contributed by atoms with E-state index in [0.29, 0.717) is 108 Å². The lowest BCUT2D eigenvalue weighted by molar-refractivity contribution is 0.103. The average molecular weight is 1970 g/mol. The Hall–Kier alpha value is -11.3. The molecule has 5 unspecified atom stereocenters. The zero-order valence-corrected chi connectivity index (χ0v) is 94.5. The SMILES string of the molecule is CC.CC.CC.CC.CC.CC.CC.CC(C)C1c2ccccc2CCCc2ccccc21.CC(C)C1c2ccccc2CNc2ccccc21.CC(C)C1c2ccccc2COCc2ccccc21.CC(C)C1c2ccccc2COc2ccccc21.CC(C)C1c2ccccc2COc2ccccc21.CC(C)C1c2ccccc2CS(=O)(=O)c2ccccc21.CC(C)C1c2ccccc2CSc2ccccc21. The fourth-order valence-corrected chi connectivity index (χ4v) is 24.2. The zero-order chi connectivity index (χ0) is 105. The Kier molecular flexibility index (Phi) is 50.2. The van der Waals surface area contributed by atoms with Crippen molar-refractivity contribution < 1.29 is 22.6 Å². The van der Waals surface area contributed by atoms with E-state index in [4.69, 9.17) is 14.2 Å². The quantitative estimate of drug-likeness (QED) is 0.170. The molecule has 0 radical (unpaired) electrons. The van der Waals surface area contributed by atoms with E-state index < -0.39 is 9.84 Å². The Labute approximate surface area is 878 Å². The van der Waals surface area contributed by atoms with Crippen LogP contribution in [0.5, 0.6) is 11.5 Å². The molecule has 1 N–H and O–H groups in total. The molecule has 0 fully saturated rings. The van der Waals surface area contributed by atoms with Crippen molar-refractivity contribution in [3.63, 3.8) is 0 Å². The summed E-state index contributed by atoms with van der Waals surface area (Å²) in [4.78, 5) is 1.95. The van der Waals surface area contributed by atoms with Crippen LogP contribution in [-0.4, -0.2) is 8.42 Å². The molecule has 14 aromatic carbocycles. The number of fused-ring (bicyclic) bond motifs is 14. The normalized spacial score (nSPS) is 16.0. The molecule has 0 amide bonds. The van der Waals surface area contributed by atoms with Gasteiger partial charge in [0.15, 0.2) is 9.84 Å². The van der Waals surface area contributed by atoms with Gasteiger partial charge in [-0.25, -0.2) is 8.42 Å². The molecule has 0 spiro atoms. The average Bonchev–Trinajstić information content (AvgIpc) is 1.57. The number of para-hydroxylation sites is 3. The lowest BCUT2D eigenvalue weighted by Gasteiger charge is -2.29. The van der Waals surface area contributed by atoms with Crippen LogP contribution in [0.1, 0.15) is 370 Å². The molecule has 8 heteroatoms. The molecular weight excluding hydrogens is 1790 g/mol. The Morgan fingerprint density at radius 2 is 0.486 bits per heavy atom. The lowest BCUT2D eigenvalue weighted by atomic mass is 9.76. The first-order valence-electron chi connectivity index (χ1n) is 54.7. The Bertz CT molecular complexity index is 5430. The highest BCUT2D eigenvalue weighted by atomic mass is 32.2. The maximum Gasteiger partial charge on any atom is 0.182 e. The number of benzene rings is 14. The van der Waals surface area contributed by atoms with E-state index in [1.165, 1.54) is 119 Å². The largest absolute Gasteiger partial charge is 0.489 e. The van der Waals surface area contributed by atoms with Crippen LogP contribution >= 0.6 is 11.8 Å². The second kappa shape index (κ2) is 61.3. The highest BCUT2D eigenvalue weighted by Gasteiger charge is 2.36. The number of thioether (sulfide) groups is 1. The number of rotatable bonds is 7. The van der Waals surface area contributed by atoms with E-state index in [9.17, 15) is 8.42 Å². The van der Waals surface area contributed by atoms with Crippen LogP contribution in [0.3, 0.4) is 0 Å². The summed E-state index contributed by atoms with van der Waals surface area (Å²) in [7, 11) is -3.26. The molecule has 0 saturated heterocycles. The molecule has 21 rings (SSSR count). The molecule has 1 aliphatic carbocycles. The Morgan fingerprint density at radius 3 is 0.875 bits per heavy atom. The second-order valence-corrected chi connectivity index (χ2v) is 41.4. The van der Waals surface area contributed by atoms with Crippen LogP contribution < -0.4 is 14.8 Å². The van der Waals surface area contributed by atoms with Gasteiger partial charge in [0.1, 0.15) is 24.7 Å². The molecule has 7 aliphatic rings. The minimum absolute atomic E-state index is 0.101. The molecule has 6 aliphatic heterocycles. The fraction of sp³-hybridized carbons (Fsp3) is 0.382. The van der Waals surface area contributed by atoms with E-state index >= 15 is 0 Å². The van der Waals surface area contributed by atoms with Gasteiger partial charge in [-0.15, -0.1) is 11.8 Å². The monoisotopic (exact) mass is 1970 g/mol. The van der Waals surface area contributed by atoms with Crippen LogP contribution in [-0.2, 0) is 71.9 Å². The molecule has 144 heavy (non-hydrogen) atoms. The van der Waals surface area contributed by atoms with Crippen molar-refractivity contribution in [3.05, 3.63) is 468 Å². The summed E-state index contributed by atoms with van der Waals surface area (Å²) in [6.45, 7) is 63.7.